The normalized spacial score (nSPS) is 10.9. The molecule has 0 fully saturated rings. The van der Waals surface area contributed by atoms with Gasteiger partial charge in [0, 0.05) is 18.8 Å². The van der Waals surface area contributed by atoms with Crippen LogP contribution >= 0.6 is 0 Å². The Hall–Kier alpha value is -3.16. The first-order valence-electron chi connectivity index (χ1n) is 7.50. The molecule has 0 saturated carbocycles. The molecule has 1 aromatic heterocycles. The van der Waals surface area contributed by atoms with Gasteiger partial charge in [0.25, 0.3) is 0 Å². The summed E-state index contributed by atoms with van der Waals surface area (Å²) < 4.78 is 0. The second-order valence-corrected chi connectivity index (χ2v) is 5.02. The summed E-state index contributed by atoms with van der Waals surface area (Å²) in [6, 6.07) is 7.62. The van der Waals surface area contributed by atoms with Gasteiger partial charge in [-0.25, -0.2) is 4.79 Å². The van der Waals surface area contributed by atoms with Crippen molar-refractivity contribution < 1.29 is 4.92 Å². The molecule has 0 amide bonds. The van der Waals surface area contributed by atoms with Crippen LogP contribution in [0.2, 0.25) is 0 Å². The van der Waals surface area contributed by atoms with Crippen LogP contribution in [0.25, 0.3) is 12.2 Å². The highest BCUT2D eigenvalue weighted by atomic mass is 16.6. The highest BCUT2D eigenvalue weighted by Gasteiger charge is 2.18. The van der Waals surface area contributed by atoms with Crippen molar-refractivity contribution in [2.24, 2.45) is 0 Å². The van der Waals surface area contributed by atoms with Crippen LogP contribution in [-0.2, 0) is 0 Å². The minimum absolute atomic E-state index is 0.137. The van der Waals surface area contributed by atoms with E-state index >= 15 is 0 Å². The zero-order valence-corrected chi connectivity index (χ0v) is 13.4. The smallest absolute Gasteiger partial charge is 0.357 e. The number of nitro groups is 1. The predicted molar refractivity (Wildman–Crippen MR) is 93.3 cm³/mol. The van der Waals surface area contributed by atoms with E-state index in [2.05, 4.69) is 23.7 Å². The molecule has 24 heavy (non-hydrogen) atoms. The molecule has 8 nitrogen and oxygen atoms in total. The predicted octanol–water partition coefficient (Wildman–Crippen LogP) is 1.99. The fraction of sp³-hybridized carbons (Fsp3) is 0.250. The van der Waals surface area contributed by atoms with Crippen LogP contribution in [0.15, 0.2) is 33.9 Å². The zero-order valence-electron chi connectivity index (χ0n) is 13.4. The van der Waals surface area contributed by atoms with E-state index in [4.69, 9.17) is 0 Å². The Bertz CT molecular complexity index is 861. The minimum Gasteiger partial charge on any atom is -0.372 e. The molecule has 0 spiro atoms. The Morgan fingerprint density at radius 1 is 1.08 bits per heavy atom. The quantitative estimate of drug-likeness (QED) is 0.621. The Labute approximate surface area is 137 Å². The fourth-order valence-corrected chi connectivity index (χ4v) is 2.36. The van der Waals surface area contributed by atoms with Crippen molar-refractivity contribution in [3.63, 3.8) is 0 Å². The molecule has 0 radical (unpaired) electrons. The zero-order chi connectivity index (χ0) is 17.7. The average molecular weight is 330 g/mol. The Balaban J connectivity index is 2.33. The lowest BCUT2D eigenvalue weighted by Gasteiger charge is -2.20. The number of nitrogens with one attached hydrogen (secondary N) is 2. The van der Waals surface area contributed by atoms with Gasteiger partial charge in [-0.2, -0.15) is 0 Å². The van der Waals surface area contributed by atoms with Gasteiger partial charge in [-0.3, -0.25) is 19.9 Å². The molecule has 0 saturated heterocycles. The van der Waals surface area contributed by atoms with Crippen molar-refractivity contribution in [1.82, 2.24) is 9.97 Å². The van der Waals surface area contributed by atoms with E-state index in [1.165, 1.54) is 6.08 Å². The number of aromatic nitrogens is 2. The van der Waals surface area contributed by atoms with Gasteiger partial charge in [-0.05, 0) is 37.6 Å². The molecule has 2 rings (SSSR count). The molecule has 2 N–H and O–H groups in total. The van der Waals surface area contributed by atoms with E-state index in [1.54, 1.807) is 6.08 Å². The number of hydrogen-bond donors (Lipinski definition) is 2. The maximum absolute atomic E-state index is 11.5. The largest absolute Gasteiger partial charge is 0.372 e. The third-order valence-corrected chi connectivity index (χ3v) is 3.59. The van der Waals surface area contributed by atoms with Crippen LogP contribution in [0.5, 0.6) is 0 Å². The third kappa shape index (κ3) is 3.78. The number of anilines is 1. The number of nitrogens with zero attached hydrogens (tertiary/aromatic N) is 2. The number of benzene rings is 1. The van der Waals surface area contributed by atoms with Crippen molar-refractivity contribution in [3.8, 4) is 0 Å². The molecule has 1 heterocycles. The van der Waals surface area contributed by atoms with Crippen molar-refractivity contribution in [2.75, 3.05) is 18.0 Å². The average Bonchev–Trinajstić information content (AvgIpc) is 2.54. The maximum Gasteiger partial charge on any atom is 0.357 e. The fourth-order valence-electron chi connectivity index (χ4n) is 2.36. The van der Waals surface area contributed by atoms with Gasteiger partial charge in [0.2, 0.25) is 0 Å². The molecule has 126 valence electrons. The summed E-state index contributed by atoms with van der Waals surface area (Å²) in [6.45, 7) is 5.93. The molecule has 0 aliphatic heterocycles. The lowest BCUT2D eigenvalue weighted by atomic mass is 10.1. The molecule has 0 bridgehead atoms. The Morgan fingerprint density at radius 3 is 2.25 bits per heavy atom. The van der Waals surface area contributed by atoms with Gasteiger partial charge in [0.1, 0.15) is 5.69 Å². The van der Waals surface area contributed by atoms with Crippen LogP contribution in [0.1, 0.15) is 25.1 Å². The van der Waals surface area contributed by atoms with Gasteiger partial charge in [-0.1, -0.05) is 18.2 Å². The van der Waals surface area contributed by atoms with E-state index < -0.39 is 21.9 Å². The molecule has 8 heteroatoms. The highest BCUT2D eigenvalue weighted by molar-refractivity contribution is 5.72. The summed E-state index contributed by atoms with van der Waals surface area (Å²) >= 11 is 0. The Morgan fingerprint density at radius 2 is 1.71 bits per heavy atom. The second-order valence-electron chi connectivity index (χ2n) is 5.02. The molecule has 0 aliphatic rings. The van der Waals surface area contributed by atoms with Gasteiger partial charge in [-0.15, -0.1) is 0 Å². The van der Waals surface area contributed by atoms with Gasteiger partial charge >= 0.3 is 16.9 Å². The first-order valence-corrected chi connectivity index (χ1v) is 7.50. The van der Waals surface area contributed by atoms with E-state index in [9.17, 15) is 19.7 Å². The van der Waals surface area contributed by atoms with Crippen molar-refractivity contribution in [2.45, 2.75) is 13.8 Å². The second kappa shape index (κ2) is 7.40. The minimum atomic E-state index is -1.03. The molecule has 1 aromatic carbocycles. The van der Waals surface area contributed by atoms with E-state index in [0.29, 0.717) is 0 Å². The summed E-state index contributed by atoms with van der Waals surface area (Å²) in [4.78, 5) is 39.3. The van der Waals surface area contributed by atoms with Crippen LogP contribution < -0.4 is 16.1 Å². The number of hydrogen-bond acceptors (Lipinski definition) is 5. The number of aromatic amines is 2. The van der Waals surface area contributed by atoms with Crippen molar-refractivity contribution >= 4 is 23.5 Å². The molecule has 0 unspecified atom stereocenters. The lowest BCUT2D eigenvalue weighted by molar-refractivity contribution is -0.386. The van der Waals surface area contributed by atoms with Crippen LogP contribution in [0.3, 0.4) is 0 Å². The van der Waals surface area contributed by atoms with Crippen molar-refractivity contribution in [3.05, 3.63) is 66.5 Å². The SMILES string of the molecule is CCN(CC)c1ccc(/C=C\c2[nH]c(=O)[nH]c(=O)c2[N+](=O)[O-])cc1. The first kappa shape index (κ1) is 17.2. The van der Waals surface area contributed by atoms with Gasteiger partial charge in [0.05, 0.1) is 4.92 Å². The van der Waals surface area contributed by atoms with E-state index in [-0.39, 0.29) is 5.69 Å². The summed E-state index contributed by atoms with van der Waals surface area (Å²) in [5.41, 5.74) is -0.774. The summed E-state index contributed by atoms with van der Waals surface area (Å²) in [7, 11) is 0. The van der Waals surface area contributed by atoms with Gasteiger partial charge < -0.3 is 9.88 Å². The van der Waals surface area contributed by atoms with Gasteiger partial charge in [0.15, 0.2) is 0 Å². The molecular weight excluding hydrogens is 312 g/mol. The molecule has 2 aromatic rings. The topological polar surface area (TPSA) is 112 Å². The van der Waals surface area contributed by atoms with E-state index in [1.807, 2.05) is 29.2 Å². The van der Waals surface area contributed by atoms with Crippen LogP contribution in [0.4, 0.5) is 11.4 Å². The summed E-state index contributed by atoms with van der Waals surface area (Å²) in [6.07, 6.45) is 2.95. The summed E-state index contributed by atoms with van der Waals surface area (Å²) in [5.74, 6) is 0. The third-order valence-electron chi connectivity index (χ3n) is 3.59. The highest BCUT2D eigenvalue weighted by Crippen LogP contribution is 2.17. The number of rotatable bonds is 6. The Kier molecular flexibility index (Phi) is 5.31. The summed E-state index contributed by atoms with van der Waals surface area (Å²) in [5, 5.41) is 11.0. The monoisotopic (exact) mass is 330 g/mol. The lowest BCUT2D eigenvalue weighted by Crippen LogP contribution is -2.25. The molecule has 0 aliphatic carbocycles. The molecule has 0 atom stereocenters. The van der Waals surface area contributed by atoms with E-state index in [0.717, 1.165) is 24.3 Å². The van der Waals surface area contributed by atoms with Crippen LogP contribution in [-0.4, -0.2) is 28.0 Å². The van der Waals surface area contributed by atoms with Crippen molar-refractivity contribution in [1.29, 1.82) is 0 Å². The first-order chi connectivity index (χ1) is 11.5. The standard InChI is InChI=1S/C16H18N4O4/c1-3-19(4-2)12-8-5-11(6-9-12)7-10-13-14(20(23)24)15(21)18-16(22)17-13/h5-10H,3-4H2,1-2H3,(H2,17,18,21,22)/b10-7-. The molecular formula is C16H18N4O4. The van der Waals surface area contributed by atoms with Crippen LogP contribution in [0, 0.1) is 10.1 Å². The maximum atomic E-state index is 11.5. The number of H-pyrrole nitrogens is 2.